The highest BCUT2D eigenvalue weighted by Gasteiger charge is 2.12. The first-order valence-electron chi connectivity index (χ1n) is 9.08. The molecule has 4 rings (SSSR count). The highest BCUT2D eigenvalue weighted by Crippen LogP contribution is 2.25. The SMILES string of the molecule is CC(=O)Nc1nc(NCc2ccccc2)c2nc(-c3ccc(F)cc3)ccc2n1. The van der Waals surface area contributed by atoms with E-state index in [1.165, 1.54) is 19.1 Å². The van der Waals surface area contributed by atoms with Gasteiger partial charge in [0.25, 0.3) is 0 Å². The lowest BCUT2D eigenvalue weighted by Crippen LogP contribution is -2.12. The largest absolute Gasteiger partial charge is 0.364 e. The van der Waals surface area contributed by atoms with E-state index in [0.717, 1.165) is 11.1 Å². The van der Waals surface area contributed by atoms with E-state index in [4.69, 9.17) is 0 Å². The molecule has 29 heavy (non-hydrogen) atoms. The molecular weight excluding hydrogens is 369 g/mol. The second kappa shape index (κ2) is 8.02. The van der Waals surface area contributed by atoms with Crippen molar-refractivity contribution in [3.05, 3.63) is 78.1 Å². The Morgan fingerprint density at radius 2 is 1.69 bits per heavy atom. The maximum atomic E-state index is 13.2. The Hall–Kier alpha value is -3.87. The van der Waals surface area contributed by atoms with Gasteiger partial charge in [-0.15, -0.1) is 0 Å². The van der Waals surface area contributed by atoms with Crippen LogP contribution in [0.1, 0.15) is 12.5 Å². The van der Waals surface area contributed by atoms with E-state index in [1.807, 2.05) is 36.4 Å². The Kier molecular flexibility index (Phi) is 5.11. The van der Waals surface area contributed by atoms with E-state index >= 15 is 0 Å². The number of halogens is 1. The van der Waals surface area contributed by atoms with Gasteiger partial charge in [-0.3, -0.25) is 10.1 Å². The smallest absolute Gasteiger partial charge is 0.232 e. The number of nitrogens with zero attached hydrogens (tertiary/aromatic N) is 3. The number of hydrogen-bond donors (Lipinski definition) is 2. The molecule has 144 valence electrons. The minimum atomic E-state index is -0.303. The van der Waals surface area contributed by atoms with Gasteiger partial charge < -0.3 is 5.32 Å². The fraction of sp³-hybridized carbons (Fsp3) is 0.0909. The molecule has 2 aromatic carbocycles. The summed E-state index contributed by atoms with van der Waals surface area (Å²) in [5.74, 6) is 0.153. The zero-order valence-corrected chi connectivity index (χ0v) is 15.7. The number of anilines is 2. The second-order valence-corrected chi connectivity index (χ2v) is 6.49. The van der Waals surface area contributed by atoms with Crippen LogP contribution in [-0.2, 0) is 11.3 Å². The number of benzene rings is 2. The number of hydrogen-bond acceptors (Lipinski definition) is 5. The summed E-state index contributed by atoms with van der Waals surface area (Å²) in [7, 11) is 0. The Morgan fingerprint density at radius 3 is 2.41 bits per heavy atom. The van der Waals surface area contributed by atoms with Gasteiger partial charge >= 0.3 is 0 Å². The molecule has 0 bridgehead atoms. The van der Waals surface area contributed by atoms with E-state index in [0.29, 0.717) is 29.1 Å². The molecule has 2 aromatic heterocycles. The third kappa shape index (κ3) is 4.35. The van der Waals surface area contributed by atoms with Crippen molar-refractivity contribution >= 4 is 28.7 Å². The van der Waals surface area contributed by atoms with Crippen molar-refractivity contribution in [2.75, 3.05) is 10.6 Å². The Morgan fingerprint density at radius 1 is 0.931 bits per heavy atom. The van der Waals surface area contributed by atoms with Gasteiger partial charge in [0.2, 0.25) is 11.9 Å². The summed E-state index contributed by atoms with van der Waals surface area (Å²) in [5, 5.41) is 5.90. The minimum absolute atomic E-state index is 0.205. The molecule has 0 atom stereocenters. The van der Waals surface area contributed by atoms with Crippen LogP contribution in [-0.4, -0.2) is 20.9 Å². The molecule has 0 unspecified atom stereocenters. The topological polar surface area (TPSA) is 79.8 Å². The number of nitrogens with one attached hydrogen (secondary N) is 2. The fourth-order valence-electron chi connectivity index (χ4n) is 2.91. The molecule has 0 aliphatic rings. The third-order valence-corrected chi connectivity index (χ3v) is 4.27. The Labute approximate surface area is 166 Å². The van der Waals surface area contributed by atoms with Crippen LogP contribution in [0.25, 0.3) is 22.3 Å². The van der Waals surface area contributed by atoms with Crippen LogP contribution in [0.15, 0.2) is 66.7 Å². The van der Waals surface area contributed by atoms with Gasteiger partial charge in [0.05, 0.1) is 11.2 Å². The molecule has 0 spiro atoms. The summed E-state index contributed by atoms with van der Waals surface area (Å²) in [6.45, 7) is 1.94. The summed E-state index contributed by atoms with van der Waals surface area (Å²) in [5.41, 5.74) is 3.70. The molecule has 0 fully saturated rings. The van der Waals surface area contributed by atoms with Crippen molar-refractivity contribution in [2.45, 2.75) is 13.5 Å². The van der Waals surface area contributed by atoms with Gasteiger partial charge in [0, 0.05) is 19.0 Å². The summed E-state index contributed by atoms with van der Waals surface area (Å²) < 4.78 is 13.2. The van der Waals surface area contributed by atoms with Crippen LogP contribution in [0.5, 0.6) is 0 Å². The van der Waals surface area contributed by atoms with E-state index in [2.05, 4.69) is 25.6 Å². The fourth-order valence-corrected chi connectivity index (χ4v) is 2.91. The van der Waals surface area contributed by atoms with Crippen LogP contribution >= 0.6 is 0 Å². The molecule has 0 radical (unpaired) electrons. The van der Waals surface area contributed by atoms with E-state index in [1.54, 1.807) is 18.2 Å². The van der Waals surface area contributed by atoms with Gasteiger partial charge in [-0.05, 0) is 42.0 Å². The lowest BCUT2D eigenvalue weighted by Gasteiger charge is -2.12. The number of amides is 1. The highest BCUT2D eigenvalue weighted by atomic mass is 19.1. The molecule has 2 heterocycles. The van der Waals surface area contributed by atoms with Crippen LogP contribution in [0.2, 0.25) is 0 Å². The van der Waals surface area contributed by atoms with Crippen LogP contribution in [0, 0.1) is 5.82 Å². The molecule has 0 aliphatic heterocycles. The first-order valence-corrected chi connectivity index (χ1v) is 9.08. The van der Waals surface area contributed by atoms with Crippen molar-refractivity contribution in [1.29, 1.82) is 0 Å². The highest BCUT2D eigenvalue weighted by molar-refractivity contribution is 5.92. The maximum absolute atomic E-state index is 13.2. The number of rotatable bonds is 5. The monoisotopic (exact) mass is 387 g/mol. The zero-order valence-electron chi connectivity index (χ0n) is 15.7. The molecule has 7 heteroatoms. The summed E-state index contributed by atoms with van der Waals surface area (Å²) in [4.78, 5) is 24.9. The Bertz CT molecular complexity index is 1160. The van der Waals surface area contributed by atoms with Crippen molar-refractivity contribution in [1.82, 2.24) is 15.0 Å². The average molecular weight is 387 g/mol. The Balaban J connectivity index is 1.76. The molecule has 4 aromatic rings. The van der Waals surface area contributed by atoms with Crippen LogP contribution in [0.3, 0.4) is 0 Å². The average Bonchev–Trinajstić information content (AvgIpc) is 2.72. The van der Waals surface area contributed by atoms with Gasteiger partial charge in [0.15, 0.2) is 5.82 Å². The van der Waals surface area contributed by atoms with Gasteiger partial charge in [-0.25, -0.2) is 14.4 Å². The third-order valence-electron chi connectivity index (χ3n) is 4.27. The summed E-state index contributed by atoms with van der Waals surface area (Å²) >= 11 is 0. The molecule has 6 nitrogen and oxygen atoms in total. The summed E-state index contributed by atoms with van der Waals surface area (Å²) in [6.07, 6.45) is 0. The maximum Gasteiger partial charge on any atom is 0.232 e. The van der Waals surface area contributed by atoms with Crippen LogP contribution in [0.4, 0.5) is 16.2 Å². The molecule has 1 amide bonds. The van der Waals surface area contributed by atoms with Crippen molar-refractivity contribution in [3.63, 3.8) is 0 Å². The van der Waals surface area contributed by atoms with Gasteiger partial charge in [-0.2, -0.15) is 4.98 Å². The van der Waals surface area contributed by atoms with E-state index in [-0.39, 0.29) is 17.7 Å². The normalized spacial score (nSPS) is 10.7. The van der Waals surface area contributed by atoms with Gasteiger partial charge in [-0.1, -0.05) is 30.3 Å². The lowest BCUT2D eigenvalue weighted by molar-refractivity contribution is -0.114. The number of fused-ring (bicyclic) bond motifs is 1. The molecule has 2 N–H and O–H groups in total. The number of aromatic nitrogens is 3. The summed E-state index contributed by atoms with van der Waals surface area (Å²) in [6, 6.07) is 19.6. The quantitative estimate of drug-likeness (QED) is 0.531. The van der Waals surface area contributed by atoms with Crippen molar-refractivity contribution in [3.8, 4) is 11.3 Å². The number of pyridine rings is 1. The minimum Gasteiger partial charge on any atom is -0.364 e. The molecule has 0 saturated heterocycles. The van der Waals surface area contributed by atoms with Gasteiger partial charge in [0.1, 0.15) is 11.3 Å². The predicted molar refractivity (Wildman–Crippen MR) is 111 cm³/mol. The standard InChI is InChI=1S/C22H18FN5O/c1-14(29)25-22-27-19-12-11-18(16-7-9-17(23)10-8-16)26-20(19)21(28-22)24-13-15-5-3-2-4-6-15/h2-12H,13H2,1H3,(H2,24,25,27,28,29). The second-order valence-electron chi connectivity index (χ2n) is 6.49. The van der Waals surface area contributed by atoms with Crippen molar-refractivity contribution < 1.29 is 9.18 Å². The zero-order chi connectivity index (χ0) is 20.2. The lowest BCUT2D eigenvalue weighted by atomic mass is 10.1. The number of carbonyl (C=O) groups is 1. The van der Waals surface area contributed by atoms with E-state index in [9.17, 15) is 9.18 Å². The molecule has 0 aliphatic carbocycles. The van der Waals surface area contributed by atoms with E-state index < -0.39 is 0 Å². The molecule has 0 saturated carbocycles. The number of carbonyl (C=O) groups excluding carboxylic acids is 1. The first kappa shape index (κ1) is 18.5. The van der Waals surface area contributed by atoms with Crippen LogP contribution < -0.4 is 10.6 Å². The predicted octanol–water partition coefficient (Wildman–Crippen LogP) is 4.40. The molecular formula is C22H18FN5O. The first-order chi connectivity index (χ1) is 14.1. The van der Waals surface area contributed by atoms with Crippen molar-refractivity contribution in [2.24, 2.45) is 0 Å².